The van der Waals surface area contributed by atoms with Gasteiger partial charge in [0.1, 0.15) is 5.75 Å². The number of amides is 2. The molecule has 3 N–H and O–H groups in total. The van der Waals surface area contributed by atoms with E-state index < -0.39 is 0 Å². The van der Waals surface area contributed by atoms with Crippen LogP contribution in [0.3, 0.4) is 0 Å². The maximum absolute atomic E-state index is 12.8. The summed E-state index contributed by atoms with van der Waals surface area (Å²) in [6.07, 6.45) is 2.86. The van der Waals surface area contributed by atoms with Gasteiger partial charge in [-0.1, -0.05) is 43.1 Å². The van der Waals surface area contributed by atoms with E-state index in [1.54, 1.807) is 36.4 Å². The fraction of sp³-hybridized carbons (Fsp3) is 0.375. The molecule has 2 rings (SSSR count). The minimum Gasteiger partial charge on any atom is -0.493 e. The second kappa shape index (κ2) is 13.2. The molecule has 8 heteroatoms. The molecule has 0 atom stereocenters. The third-order valence-corrected chi connectivity index (χ3v) is 5.28. The van der Waals surface area contributed by atoms with Crippen molar-refractivity contribution in [3.63, 3.8) is 0 Å². The van der Waals surface area contributed by atoms with Crippen molar-refractivity contribution < 1.29 is 14.3 Å². The molecule has 0 aliphatic heterocycles. The number of thiocarbonyl (C=S) groups is 1. The summed E-state index contributed by atoms with van der Waals surface area (Å²) in [5.74, 6) is 0.539. The number of ether oxygens (including phenoxy) is 1. The molecule has 0 radical (unpaired) electrons. The van der Waals surface area contributed by atoms with E-state index in [1.165, 1.54) is 0 Å². The maximum Gasteiger partial charge on any atom is 0.261 e. The van der Waals surface area contributed by atoms with Crippen molar-refractivity contribution in [1.29, 1.82) is 0 Å². The minimum absolute atomic E-state index is 0.111. The van der Waals surface area contributed by atoms with E-state index in [0.717, 1.165) is 23.7 Å². The van der Waals surface area contributed by atoms with Gasteiger partial charge in [-0.25, -0.2) is 0 Å². The van der Waals surface area contributed by atoms with E-state index >= 15 is 0 Å². The Balaban J connectivity index is 1.96. The number of rotatable bonds is 10. The molecule has 2 amide bonds. The normalized spacial score (nSPS) is 10.5. The fourth-order valence-electron chi connectivity index (χ4n) is 2.73. The van der Waals surface area contributed by atoms with E-state index in [4.69, 9.17) is 17.0 Å². The van der Waals surface area contributed by atoms with E-state index in [-0.39, 0.29) is 16.9 Å². The summed E-state index contributed by atoms with van der Waals surface area (Å²) in [5.41, 5.74) is 1.63. The number of hydrogen-bond donors (Lipinski definition) is 3. The largest absolute Gasteiger partial charge is 0.493 e. The van der Waals surface area contributed by atoms with Gasteiger partial charge in [0.2, 0.25) is 0 Å². The van der Waals surface area contributed by atoms with Crippen molar-refractivity contribution in [1.82, 2.24) is 10.6 Å². The Bertz CT molecular complexity index is 933. The van der Waals surface area contributed by atoms with Crippen LogP contribution < -0.4 is 20.7 Å². The van der Waals surface area contributed by atoms with Gasteiger partial charge in [-0.15, -0.1) is 0 Å². The lowest BCUT2D eigenvalue weighted by Crippen LogP contribution is -2.34. The summed E-state index contributed by atoms with van der Waals surface area (Å²) in [5, 5.41) is 8.69. The van der Waals surface area contributed by atoms with E-state index in [0.29, 0.717) is 41.6 Å². The third kappa shape index (κ3) is 8.59. The molecular weight excluding hydrogens is 490 g/mol. The number of unbranched alkanes of at least 4 members (excludes halogenated alkanes) is 1. The minimum atomic E-state index is -0.365. The Kier molecular flexibility index (Phi) is 10.6. The Morgan fingerprint density at radius 3 is 2.47 bits per heavy atom. The summed E-state index contributed by atoms with van der Waals surface area (Å²) >= 11 is 8.69. The molecule has 0 heterocycles. The molecule has 6 nitrogen and oxygen atoms in total. The highest BCUT2D eigenvalue weighted by molar-refractivity contribution is 9.10. The predicted molar refractivity (Wildman–Crippen MR) is 136 cm³/mol. The van der Waals surface area contributed by atoms with Crippen LogP contribution in [0.1, 0.15) is 60.7 Å². The number of carbonyl (C=O) groups is 2. The van der Waals surface area contributed by atoms with Crippen LogP contribution in [0.5, 0.6) is 5.75 Å². The molecule has 0 aliphatic rings. The molecule has 0 aliphatic carbocycles. The molecule has 2 aromatic carbocycles. The molecule has 0 saturated heterocycles. The molecule has 0 saturated carbocycles. The van der Waals surface area contributed by atoms with Gasteiger partial charge >= 0.3 is 0 Å². The van der Waals surface area contributed by atoms with Crippen LogP contribution in [-0.4, -0.2) is 30.1 Å². The average molecular weight is 520 g/mol. The smallest absolute Gasteiger partial charge is 0.261 e. The zero-order valence-corrected chi connectivity index (χ0v) is 21.1. The van der Waals surface area contributed by atoms with Gasteiger partial charge in [-0.3, -0.25) is 14.9 Å². The summed E-state index contributed by atoms with van der Waals surface area (Å²) in [6.45, 7) is 7.50. The average Bonchev–Trinajstić information content (AvgIpc) is 2.75. The molecule has 0 spiro atoms. The van der Waals surface area contributed by atoms with Crippen LogP contribution in [0.2, 0.25) is 0 Å². The second-order valence-electron chi connectivity index (χ2n) is 7.77. The number of nitrogens with one attached hydrogen (secondary N) is 3. The van der Waals surface area contributed by atoms with E-state index in [1.807, 2.05) is 6.07 Å². The quantitative estimate of drug-likeness (QED) is 0.284. The third-order valence-electron chi connectivity index (χ3n) is 4.59. The maximum atomic E-state index is 12.8. The zero-order valence-electron chi connectivity index (χ0n) is 18.7. The van der Waals surface area contributed by atoms with Gasteiger partial charge in [-0.2, -0.15) is 0 Å². The molecule has 0 bridgehead atoms. The SMILES string of the molecule is CCCCNC(=O)c1ccc(NC(=S)NC(=O)c2cc(Br)ccc2OCCC(C)C)cc1. The Labute approximate surface area is 203 Å². The molecule has 172 valence electrons. The summed E-state index contributed by atoms with van der Waals surface area (Å²) < 4.78 is 6.58. The van der Waals surface area contributed by atoms with Crippen LogP contribution in [-0.2, 0) is 0 Å². The van der Waals surface area contributed by atoms with Gasteiger partial charge in [0.25, 0.3) is 11.8 Å². The zero-order chi connectivity index (χ0) is 23.5. The van der Waals surface area contributed by atoms with Crippen molar-refractivity contribution in [2.75, 3.05) is 18.5 Å². The topological polar surface area (TPSA) is 79.5 Å². The van der Waals surface area contributed by atoms with Crippen molar-refractivity contribution >= 4 is 50.8 Å². The van der Waals surface area contributed by atoms with Gasteiger partial charge in [0, 0.05) is 22.3 Å². The summed E-state index contributed by atoms with van der Waals surface area (Å²) in [7, 11) is 0. The second-order valence-corrected chi connectivity index (χ2v) is 9.09. The molecular formula is C24H30BrN3O3S. The molecule has 32 heavy (non-hydrogen) atoms. The van der Waals surface area contributed by atoms with Crippen LogP contribution in [0, 0.1) is 5.92 Å². The van der Waals surface area contributed by atoms with Crippen molar-refractivity contribution in [3.8, 4) is 5.75 Å². The first-order valence-electron chi connectivity index (χ1n) is 10.7. The summed E-state index contributed by atoms with van der Waals surface area (Å²) in [6, 6.07) is 12.2. The van der Waals surface area contributed by atoms with Crippen molar-refractivity contribution in [2.24, 2.45) is 5.92 Å². The van der Waals surface area contributed by atoms with Crippen LogP contribution in [0.25, 0.3) is 0 Å². The lowest BCUT2D eigenvalue weighted by atomic mass is 10.1. The first kappa shape index (κ1) is 25.8. The first-order chi connectivity index (χ1) is 15.3. The number of anilines is 1. The molecule has 0 unspecified atom stereocenters. The molecule has 2 aromatic rings. The highest BCUT2D eigenvalue weighted by Gasteiger charge is 2.15. The molecule has 0 aromatic heterocycles. The number of benzene rings is 2. The number of hydrogen-bond acceptors (Lipinski definition) is 4. The van der Waals surface area contributed by atoms with Gasteiger partial charge < -0.3 is 15.4 Å². The van der Waals surface area contributed by atoms with Gasteiger partial charge in [0.05, 0.1) is 12.2 Å². The fourth-order valence-corrected chi connectivity index (χ4v) is 3.30. The Morgan fingerprint density at radius 2 is 1.81 bits per heavy atom. The summed E-state index contributed by atoms with van der Waals surface area (Å²) in [4.78, 5) is 24.9. The van der Waals surface area contributed by atoms with E-state index in [2.05, 4.69) is 52.7 Å². The van der Waals surface area contributed by atoms with E-state index in [9.17, 15) is 9.59 Å². The monoisotopic (exact) mass is 519 g/mol. The lowest BCUT2D eigenvalue weighted by Gasteiger charge is -2.14. The highest BCUT2D eigenvalue weighted by Crippen LogP contribution is 2.24. The number of halogens is 1. The van der Waals surface area contributed by atoms with Gasteiger partial charge in [0.15, 0.2) is 5.11 Å². The standard InChI is InChI=1S/C24H30BrN3O3S/c1-4-5-13-26-22(29)17-6-9-19(10-7-17)27-24(32)28-23(30)20-15-18(25)8-11-21(20)31-14-12-16(2)3/h6-11,15-16H,4-5,12-14H2,1-3H3,(H,26,29)(H2,27,28,30,32). The number of carbonyl (C=O) groups excluding carboxylic acids is 2. The lowest BCUT2D eigenvalue weighted by molar-refractivity contribution is 0.0950. The Morgan fingerprint density at radius 1 is 1.09 bits per heavy atom. The highest BCUT2D eigenvalue weighted by atomic mass is 79.9. The van der Waals surface area contributed by atoms with Crippen LogP contribution in [0.15, 0.2) is 46.9 Å². The predicted octanol–water partition coefficient (Wildman–Crippen LogP) is 5.53. The van der Waals surface area contributed by atoms with Crippen molar-refractivity contribution in [3.05, 3.63) is 58.1 Å². The van der Waals surface area contributed by atoms with Crippen molar-refractivity contribution in [2.45, 2.75) is 40.0 Å². The van der Waals surface area contributed by atoms with Crippen LogP contribution in [0.4, 0.5) is 5.69 Å². The first-order valence-corrected chi connectivity index (χ1v) is 11.9. The van der Waals surface area contributed by atoms with Gasteiger partial charge in [-0.05, 0) is 73.4 Å². The van der Waals surface area contributed by atoms with Crippen LogP contribution >= 0.6 is 28.1 Å². The Hall–Kier alpha value is -2.45. The molecule has 0 fully saturated rings.